The monoisotopic (exact) mass is 502 g/mol. The van der Waals surface area contributed by atoms with Gasteiger partial charge in [0.05, 0.1) is 16.3 Å². The van der Waals surface area contributed by atoms with Gasteiger partial charge in [-0.2, -0.15) is 13.2 Å². The number of amides is 2. The highest BCUT2D eigenvalue weighted by Crippen LogP contribution is 2.43. The Kier molecular flexibility index (Phi) is 6.47. The lowest BCUT2D eigenvalue weighted by molar-refractivity contribution is -0.137. The summed E-state index contributed by atoms with van der Waals surface area (Å²) in [7, 11) is 1.63. The molecule has 0 unspecified atom stereocenters. The Morgan fingerprint density at radius 3 is 2.18 bits per heavy atom. The number of carbonyl (C=O) groups excluding carboxylic acids is 2. The summed E-state index contributed by atoms with van der Waals surface area (Å²) >= 11 is 7.25. The largest absolute Gasteiger partial charge is 0.416 e. The van der Waals surface area contributed by atoms with Crippen molar-refractivity contribution in [2.24, 2.45) is 0 Å². The highest BCUT2D eigenvalue weighted by molar-refractivity contribution is 8.04. The number of aryl methyl sites for hydroxylation is 1. The molecule has 0 bridgehead atoms. The molecule has 0 radical (unpaired) electrons. The van der Waals surface area contributed by atoms with E-state index in [0.29, 0.717) is 15.5 Å². The smallest absolute Gasteiger partial charge is 0.339 e. The normalized spacial score (nSPS) is 14.2. The fourth-order valence-electron chi connectivity index (χ4n) is 3.47. The maximum absolute atomic E-state index is 13.6. The molecule has 34 heavy (non-hydrogen) atoms. The number of hydrogen-bond donors (Lipinski definition) is 0. The van der Waals surface area contributed by atoms with Crippen LogP contribution in [-0.4, -0.2) is 18.9 Å². The van der Waals surface area contributed by atoms with E-state index < -0.39 is 23.6 Å². The third kappa shape index (κ3) is 4.56. The maximum atomic E-state index is 13.6. The topological polar surface area (TPSA) is 40.6 Å². The Balaban J connectivity index is 1.83. The van der Waals surface area contributed by atoms with Gasteiger partial charge in [0.1, 0.15) is 10.6 Å². The second-order valence-electron chi connectivity index (χ2n) is 7.60. The average Bonchev–Trinajstić information content (AvgIpc) is 3.04. The zero-order valence-corrected chi connectivity index (χ0v) is 19.6. The van der Waals surface area contributed by atoms with Crippen LogP contribution in [0, 0.1) is 6.92 Å². The van der Waals surface area contributed by atoms with Gasteiger partial charge in [-0.25, -0.2) is 4.90 Å². The van der Waals surface area contributed by atoms with E-state index in [2.05, 4.69) is 0 Å². The highest BCUT2D eigenvalue weighted by Gasteiger charge is 2.43. The molecule has 0 N–H and O–H groups in total. The van der Waals surface area contributed by atoms with Crippen molar-refractivity contribution >= 4 is 46.6 Å². The van der Waals surface area contributed by atoms with E-state index in [9.17, 15) is 22.8 Å². The van der Waals surface area contributed by atoms with Crippen molar-refractivity contribution in [1.82, 2.24) is 0 Å². The van der Waals surface area contributed by atoms with Crippen LogP contribution in [0.25, 0.3) is 0 Å². The first kappa shape index (κ1) is 23.9. The quantitative estimate of drug-likeness (QED) is 0.365. The van der Waals surface area contributed by atoms with Gasteiger partial charge in [0, 0.05) is 17.6 Å². The van der Waals surface area contributed by atoms with Crippen molar-refractivity contribution in [2.75, 3.05) is 16.8 Å². The summed E-state index contributed by atoms with van der Waals surface area (Å²) in [5.41, 5.74) is 0.383. The van der Waals surface area contributed by atoms with E-state index in [4.69, 9.17) is 11.6 Å². The van der Waals surface area contributed by atoms with Gasteiger partial charge < -0.3 is 4.90 Å². The fraction of sp³-hybridized carbons (Fsp3) is 0.120. The molecule has 0 saturated heterocycles. The Hall–Kier alpha value is -3.23. The summed E-state index contributed by atoms with van der Waals surface area (Å²) < 4.78 is 40.0. The van der Waals surface area contributed by atoms with Crippen molar-refractivity contribution in [3.63, 3.8) is 0 Å². The van der Waals surface area contributed by atoms with Crippen molar-refractivity contribution in [3.05, 3.63) is 99.5 Å². The molecule has 4 rings (SSSR count). The van der Waals surface area contributed by atoms with Crippen LogP contribution in [-0.2, 0) is 15.8 Å². The first-order chi connectivity index (χ1) is 16.1. The SMILES string of the molecule is Cc1ccc(SC2=C(N(C)c3ccccc3)C(=O)N(c3cc(C(F)(F)F)ccc3Cl)C2=O)cc1. The molecule has 0 spiro atoms. The van der Waals surface area contributed by atoms with Crippen LogP contribution in [0.15, 0.2) is 88.3 Å². The molecule has 1 heterocycles. The van der Waals surface area contributed by atoms with Crippen LogP contribution >= 0.6 is 23.4 Å². The zero-order valence-electron chi connectivity index (χ0n) is 18.1. The standard InChI is InChI=1S/C25H18ClF3N2O2S/c1-15-8-11-18(12-9-15)34-22-21(30(2)17-6-4-3-5-7-17)23(32)31(24(22)33)20-14-16(25(27,28)29)10-13-19(20)26/h3-14H,1-2H3. The molecule has 0 atom stereocenters. The highest BCUT2D eigenvalue weighted by atomic mass is 35.5. The molecule has 1 aliphatic rings. The van der Waals surface area contributed by atoms with E-state index >= 15 is 0 Å². The summed E-state index contributed by atoms with van der Waals surface area (Å²) in [5, 5.41) is -0.141. The minimum Gasteiger partial charge on any atom is -0.339 e. The molecule has 0 aromatic heterocycles. The zero-order chi connectivity index (χ0) is 24.6. The van der Waals surface area contributed by atoms with E-state index in [0.717, 1.165) is 35.5 Å². The predicted molar refractivity (Wildman–Crippen MR) is 128 cm³/mol. The van der Waals surface area contributed by atoms with Crippen LogP contribution in [0.5, 0.6) is 0 Å². The van der Waals surface area contributed by atoms with Crippen LogP contribution in [0.3, 0.4) is 0 Å². The summed E-state index contributed by atoms with van der Waals surface area (Å²) in [4.78, 5) is 30.1. The van der Waals surface area contributed by atoms with Gasteiger partial charge in [-0.05, 0) is 49.4 Å². The molecule has 1 aliphatic heterocycles. The Bertz CT molecular complexity index is 1290. The summed E-state index contributed by atoms with van der Waals surface area (Å²) in [6, 6.07) is 18.8. The average molecular weight is 503 g/mol. The molecule has 0 fully saturated rings. The third-order valence-electron chi connectivity index (χ3n) is 5.25. The summed E-state index contributed by atoms with van der Waals surface area (Å²) in [6.45, 7) is 1.92. The van der Waals surface area contributed by atoms with E-state index in [-0.39, 0.29) is 21.3 Å². The van der Waals surface area contributed by atoms with Crippen LogP contribution in [0.4, 0.5) is 24.5 Å². The number of alkyl halides is 3. The number of halogens is 4. The van der Waals surface area contributed by atoms with Gasteiger partial charge in [0.15, 0.2) is 0 Å². The minimum absolute atomic E-state index is 0.0512. The number of rotatable bonds is 5. The lowest BCUT2D eigenvalue weighted by Gasteiger charge is -2.22. The number of para-hydroxylation sites is 1. The lowest BCUT2D eigenvalue weighted by Crippen LogP contribution is -2.34. The summed E-state index contributed by atoms with van der Waals surface area (Å²) in [5.74, 6) is -1.50. The number of nitrogens with zero attached hydrogens (tertiary/aromatic N) is 2. The van der Waals surface area contributed by atoms with Gasteiger partial charge in [0.25, 0.3) is 11.8 Å². The number of likely N-dealkylation sites (N-methyl/N-ethyl adjacent to an activating group) is 1. The molecular formula is C25H18ClF3N2O2S. The number of benzene rings is 3. The third-order valence-corrected chi connectivity index (χ3v) is 6.65. The first-order valence-electron chi connectivity index (χ1n) is 10.1. The molecule has 2 amide bonds. The number of hydrogen-bond acceptors (Lipinski definition) is 4. The number of thioether (sulfide) groups is 1. The van der Waals surface area contributed by atoms with Crippen molar-refractivity contribution in [3.8, 4) is 0 Å². The van der Waals surface area contributed by atoms with Gasteiger partial charge in [-0.15, -0.1) is 0 Å². The molecular weight excluding hydrogens is 485 g/mol. The fourth-order valence-corrected chi connectivity index (χ4v) is 4.68. The molecule has 174 valence electrons. The molecule has 9 heteroatoms. The molecule has 0 saturated carbocycles. The number of anilines is 2. The van der Waals surface area contributed by atoms with E-state index in [1.165, 1.54) is 0 Å². The summed E-state index contributed by atoms with van der Waals surface area (Å²) in [6.07, 6.45) is -4.66. The van der Waals surface area contributed by atoms with Crippen LogP contribution < -0.4 is 9.80 Å². The van der Waals surface area contributed by atoms with Crippen molar-refractivity contribution in [1.29, 1.82) is 0 Å². The van der Waals surface area contributed by atoms with Gasteiger partial charge >= 0.3 is 6.18 Å². The van der Waals surface area contributed by atoms with Crippen LogP contribution in [0.1, 0.15) is 11.1 Å². The second kappa shape index (κ2) is 9.19. The first-order valence-corrected chi connectivity index (χ1v) is 11.3. The molecule has 3 aromatic carbocycles. The Morgan fingerprint density at radius 2 is 1.56 bits per heavy atom. The molecule has 4 nitrogen and oxygen atoms in total. The molecule has 0 aliphatic carbocycles. The van der Waals surface area contributed by atoms with Crippen molar-refractivity contribution < 1.29 is 22.8 Å². The van der Waals surface area contributed by atoms with Crippen LogP contribution in [0.2, 0.25) is 5.02 Å². The van der Waals surface area contributed by atoms with Gasteiger partial charge in [0.2, 0.25) is 0 Å². The van der Waals surface area contributed by atoms with Crippen molar-refractivity contribution in [2.45, 2.75) is 18.0 Å². The maximum Gasteiger partial charge on any atom is 0.416 e. The minimum atomic E-state index is -4.66. The molecule has 3 aromatic rings. The Morgan fingerprint density at radius 1 is 0.912 bits per heavy atom. The number of imide groups is 1. The lowest BCUT2D eigenvalue weighted by atomic mass is 10.2. The number of carbonyl (C=O) groups is 2. The van der Waals surface area contributed by atoms with E-state index in [1.807, 2.05) is 37.3 Å². The predicted octanol–water partition coefficient (Wildman–Crippen LogP) is 6.68. The van der Waals surface area contributed by atoms with E-state index in [1.54, 1.807) is 36.2 Å². The Labute approximate surface area is 203 Å². The van der Waals surface area contributed by atoms with Gasteiger partial charge in [-0.3, -0.25) is 9.59 Å². The van der Waals surface area contributed by atoms with Gasteiger partial charge in [-0.1, -0.05) is 59.3 Å². The second-order valence-corrected chi connectivity index (χ2v) is 9.09.